The lowest BCUT2D eigenvalue weighted by Crippen LogP contribution is -1.99. The number of rotatable bonds is 2. The molecule has 0 aliphatic carbocycles. The van der Waals surface area contributed by atoms with Gasteiger partial charge in [0.2, 0.25) is 0 Å². The number of halogens is 1. The highest BCUT2D eigenvalue weighted by Gasteiger charge is 2.05. The maximum Gasteiger partial charge on any atom is 0.0497 e. The van der Waals surface area contributed by atoms with Gasteiger partial charge in [-0.2, -0.15) is 0 Å². The molecule has 1 aromatic carbocycles. The van der Waals surface area contributed by atoms with E-state index in [1.807, 2.05) is 25.1 Å². The summed E-state index contributed by atoms with van der Waals surface area (Å²) in [5, 5.41) is 8.98. The van der Waals surface area contributed by atoms with E-state index in [0.717, 1.165) is 15.6 Å². The summed E-state index contributed by atoms with van der Waals surface area (Å²) in [5.74, 6) is 2.70. The van der Waals surface area contributed by atoms with E-state index in [2.05, 4.69) is 21.9 Å². The van der Waals surface area contributed by atoms with Crippen LogP contribution in [0, 0.1) is 12.3 Å². The van der Waals surface area contributed by atoms with Gasteiger partial charge in [-0.3, -0.25) is 0 Å². The van der Waals surface area contributed by atoms with Crippen molar-refractivity contribution in [3.8, 4) is 12.3 Å². The van der Waals surface area contributed by atoms with Crippen molar-refractivity contribution in [2.75, 3.05) is 6.61 Å². The average molecular weight is 239 g/mol. The van der Waals surface area contributed by atoms with E-state index < -0.39 is 0 Å². The summed E-state index contributed by atoms with van der Waals surface area (Å²) in [6.45, 7) is 2.10. The second kappa shape index (κ2) is 4.45. The van der Waals surface area contributed by atoms with Crippen LogP contribution in [0.3, 0.4) is 0 Å². The van der Waals surface area contributed by atoms with Gasteiger partial charge in [0.25, 0.3) is 0 Å². The molecule has 0 aliphatic rings. The number of terminal acetylenes is 1. The van der Waals surface area contributed by atoms with Crippen molar-refractivity contribution in [3.05, 3.63) is 33.8 Å². The topological polar surface area (TPSA) is 20.2 Å². The lowest BCUT2D eigenvalue weighted by molar-refractivity contribution is 0.273. The van der Waals surface area contributed by atoms with Crippen LogP contribution in [0.2, 0.25) is 0 Å². The molecule has 0 amide bonds. The normalized spacial score (nSPS) is 12.2. The van der Waals surface area contributed by atoms with Crippen LogP contribution in [0.4, 0.5) is 0 Å². The molecule has 0 saturated heterocycles. The molecule has 0 aromatic heterocycles. The first kappa shape index (κ1) is 10.3. The molecule has 68 valence electrons. The zero-order valence-electron chi connectivity index (χ0n) is 7.42. The Labute approximate surface area is 86.9 Å². The first-order chi connectivity index (χ1) is 6.17. The molecule has 0 saturated carbocycles. The van der Waals surface area contributed by atoms with Gasteiger partial charge in [0.15, 0.2) is 0 Å². The van der Waals surface area contributed by atoms with E-state index in [4.69, 9.17) is 11.5 Å². The minimum absolute atomic E-state index is 0.129. The molecule has 1 unspecified atom stereocenters. The van der Waals surface area contributed by atoms with Crippen LogP contribution in [0.5, 0.6) is 0 Å². The second-order valence-electron chi connectivity index (χ2n) is 3.00. The third kappa shape index (κ3) is 2.58. The van der Waals surface area contributed by atoms with Crippen molar-refractivity contribution < 1.29 is 5.11 Å². The first-order valence-corrected chi connectivity index (χ1v) is 4.84. The van der Waals surface area contributed by atoms with Crippen LogP contribution in [0.15, 0.2) is 22.7 Å². The van der Waals surface area contributed by atoms with Crippen LogP contribution >= 0.6 is 15.9 Å². The van der Waals surface area contributed by atoms with Crippen molar-refractivity contribution in [1.29, 1.82) is 0 Å². The summed E-state index contributed by atoms with van der Waals surface area (Å²) < 4.78 is 0.957. The molecular formula is C11H11BrO. The number of aliphatic hydroxyl groups excluding tert-OH is 1. The fraction of sp³-hybridized carbons (Fsp3) is 0.273. The van der Waals surface area contributed by atoms with E-state index in [0.29, 0.717) is 0 Å². The van der Waals surface area contributed by atoms with Crippen LogP contribution < -0.4 is 0 Å². The molecule has 0 aliphatic heterocycles. The summed E-state index contributed by atoms with van der Waals surface area (Å²) in [6.07, 6.45) is 5.30. The minimum Gasteiger partial charge on any atom is -0.396 e. The monoisotopic (exact) mass is 238 g/mol. The van der Waals surface area contributed by atoms with E-state index >= 15 is 0 Å². The predicted octanol–water partition coefficient (Wildman–Crippen LogP) is 2.53. The molecule has 13 heavy (non-hydrogen) atoms. The molecule has 2 heteroatoms. The predicted molar refractivity (Wildman–Crippen MR) is 57.6 cm³/mol. The molecule has 1 aromatic rings. The summed E-state index contributed by atoms with van der Waals surface area (Å²) in [5.41, 5.74) is 1.90. The van der Waals surface area contributed by atoms with E-state index in [9.17, 15) is 0 Å². The summed E-state index contributed by atoms with van der Waals surface area (Å²) in [4.78, 5) is 0. The number of hydrogen-bond acceptors (Lipinski definition) is 1. The Kier molecular flexibility index (Phi) is 3.53. The lowest BCUT2D eigenvalue weighted by Gasteiger charge is -2.09. The van der Waals surface area contributed by atoms with Crippen LogP contribution in [0.1, 0.15) is 24.0 Å². The average Bonchev–Trinajstić information content (AvgIpc) is 2.15. The SMILES string of the molecule is C#Cc1cc(Br)cc(C(C)CO)c1. The quantitative estimate of drug-likeness (QED) is 0.786. The standard InChI is InChI=1S/C11H11BrO/c1-3-9-4-10(8(2)7-13)6-11(12)5-9/h1,4-6,8,13H,7H2,2H3. The van der Waals surface area contributed by atoms with E-state index in [-0.39, 0.29) is 12.5 Å². The van der Waals surface area contributed by atoms with E-state index in [1.165, 1.54) is 0 Å². The van der Waals surface area contributed by atoms with Gasteiger partial charge in [-0.25, -0.2) is 0 Å². The Morgan fingerprint density at radius 1 is 1.54 bits per heavy atom. The number of aliphatic hydroxyl groups is 1. The third-order valence-electron chi connectivity index (χ3n) is 1.93. The molecule has 1 atom stereocenters. The van der Waals surface area contributed by atoms with Crippen LogP contribution in [0.25, 0.3) is 0 Å². The highest BCUT2D eigenvalue weighted by molar-refractivity contribution is 9.10. The Hall–Kier alpha value is -0.780. The van der Waals surface area contributed by atoms with Gasteiger partial charge in [-0.1, -0.05) is 28.8 Å². The third-order valence-corrected chi connectivity index (χ3v) is 2.39. The molecule has 1 nitrogen and oxygen atoms in total. The second-order valence-corrected chi connectivity index (χ2v) is 3.92. The zero-order valence-corrected chi connectivity index (χ0v) is 9.01. The molecule has 0 radical (unpaired) electrons. The number of benzene rings is 1. The Morgan fingerprint density at radius 3 is 2.77 bits per heavy atom. The highest BCUT2D eigenvalue weighted by Crippen LogP contribution is 2.21. The van der Waals surface area contributed by atoms with Gasteiger partial charge >= 0.3 is 0 Å². The van der Waals surface area contributed by atoms with Crippen molar-refractivity contribution in [2.24, 2.45) is 0 Å². The number of hydrogen-bond donors (Lipinski definition) is 1. The maximum atomic E-state index is 8.98. The molecular weight excluding hydrogens is 228 g/mol. The van der Waals surface area contributed by atoms with Crippen molar-refractivity contribution in [3.63, 3.8) is 0 Å². The highest BCUT2D eigenvalue weighted by atomic mass is 79.9. The fourth-order valence-corrected chi connectivity index (χ4v) is 1.60. The van der Waals surface area contributed by atoms with Crippen molar-refractivity contribution in [2.45, 2.75) is 12.8 Å². The Balaban J connectivity index is 3.10. The largest absolute Gasteiger partial charge is 0.396 e. The van der Waals surface area contributed by atoms with Crippen LogP contribution in [-0.2, 0) is 0 Å². The van der Waals surface area contributed by atoms with Gasteiger partial charge in [0.05, 0.1) is 0 Å². The van der Waals surface area contributed by atoms with Gasteiger partial charge < -0.3 is 5.11 Å². The van der Waals surface area contributed by atoms with Gasteiger partial charge in [0, 0.05) is 22.6 Å². The van der Waals surface area contributed by atoms with Crippen molar-refractivity contribution in [1.82, 2.24) is 0 Å². The zero-order chi connectivity index (χ0) is 9.84. The fourth-order valence-electron chi connectivity index (χ4n) is 1.09. The Morgan fingerprint density at radius 2 is 2.23 bits per heavy atom. The lowest BCUT2D eigenvalue weighted by atomic mass is 10.0. The van der Waals surface area contributed by atoms with Gasteiger partial charge in [-0.15, -0.1) is 6.42 Å². The Bertz CT molecular complexity index is 338. The summed E-state index contributed by atoms with van der Waals surface area (Å²) in [7, 11) is 0. The molecule has 0 spiro atoms. The van der Waals surface area contributed by atoms with Gasteiger partial charge in [0.1, 0.15) is 0 Å². The molecule has 1 N–H and O–H groups in total. The van der Waals surface area contributed by atoms with Crippen molar-refractivity contribution >= 4 is 15.9 Å². The van der Waals surface area contributed by atoms with Crippen LogP contribution in [-0.4, -0.2) is 11.7 Å². The molecule has 1 rings (SSSR count). The molecule has 0 fully saturated rings. The molecule has 0 heterocycles. The molecule has 0 bridgehead atoms. The maximum absolute atomic E-state index is 8.98. The summed E-state index contributed by atoms with van der Waals surface area (Å²) >= 11 is 3.37. The first-order valence-electron chi connectivity index (χ1n) is 4.05. The minimum atomic E-state index is 0.129. The smallest absolute Gasteiger partial charge is 0.0497 e. The van der Waals surface area contributed by atoms with E-state index in [1.54, 1.807) is 0 Å². The van der Waals surface area contributed by atoms with Gasteiger partial charge in [-0.05, 0) is 23.8 Å². The summed E-state index contributed by atoms with van der Waals surface area (Å²) in [6, 6.07) is 5.78.